The summed E-state index contributed by atoms with van der Waals surface area (Å²) in [5.74, 6) is 0. The normalized spacial score (nSPS) is 11.8. The van der Waals surface area contributed by atoms with Gasteiger partial charge in [-0.15, -0.1) is 34.0 Å². The Morgan fingerprint density at radius 2 is 1.28 bits per heavy atom. The molecule has 0 bridgehead atoms. The lowest BCUT2D eigenvalue weighted by Gasteiger charge is -2.03. The minimum absolute atomic E-state index is 1.09. The van der Waals surface area contributed by atoms with E-state index in [4.69, 9.17) is 0 Å². The van der Waals surface area contributed by atoms with Gasteiger partial charge in [0.15, 0.2) is 0 Å². The van der Waals surface area contributed by atoms with E-state index >= 15 is 0 Å². The highest BCUT2D eigenvalue weighted by molar-refractivity contribution is 7.36. The fourth-order valence-corrected chi connectivity index (χ4v) is 7.42. The van der Waals surface area contributed by atoms with Gasteiger partial charge >= 0.3 is 0 Å². The summed E-state index contributed by atoms with van der Waals surface area (Å²) >= 11 is 5.67. The molecule has 3 heterocycles. The fraction of sp³-hybridized carbons (Fsp3) is 0.0769. The molecule has 6 rings (SSSR count). The Kier molecular flexibility index (Phi) is 4.08. The summed E-state index contributed by atoms with van der Waals surface area (Å²) in [4.78, 5) is 1.34. The van der Waals surface area contributed by atoms with Gasteiger partial charge in [-0.25, -0.2) is 0 Å². The number of hydrogen-bond acceptors (Lipinski definition) is 3. The summed E-state index contributed by atoms with van der Waals surface area (Å²) in [5.41, 5.74) is 5.31. The van der Waals surface area contributed by atoms with Crippen LogP contribution in [-0.2, 0) is 6.42 Å². The molecule has 0 radical (unpaired) electrons. The lowest BCUT2D eigenvalue weighted by molar-refractivity contribution is 1.14. The van der Waals surface area contributed by atoms with Crippen LogP contribution in [0.15, 0.2) is 78.2 Å². The summed E-state index contributed by atoms with van der Waals surface area (Å²) in [6.07, 6.45) is 1.09. The van der Waals surface area contributed by atoms with Crippen LogP contribution in [0.2, 0.25) is 0 Å². The first kappa shape index (κ1) is 17.4. The number of rotatable bonds is 3. The molecule has 29 heavy (non-hydrogen) atoms. The standard InChI is InChI=1S/C26H18S3/c1-2-16-5-7-17(8-6-16)18-9-11-20-23(14-18)28-26-21-12-10-19(22-4-3-13-27-22)15-24(21)29-25(20)26/h3-15H,2H2,1H3. The average molecular weight is 427 g/mol. The van der Waals surface area contributed by atoms with E-state index in [0.717, 1.165) is 6.42 Å². The number of fused-ring (bicyclic) bond motifs is 5. The van der Waals surface area contributed by atoms with E-state index < -0.39 is 0 Å². The maximum atomic E-state index is 2.36. The smallest absolute Gasteiger partial charge is 0.0542 e. The molecular weight excluding hydrogens is 408 g/mol. The van der Waals surface area contributed by atoms with Crippen LogP contribution in [0, 0.1) is 0 Å². The van der Waals surface area contributed by atoms with Crippen molar-refractivity contribution in [3.05, 3.63) is 83.7 Å². The number of aryl methyl sites for hydroxylation is 1. The summed E-state index contributed by atoms with van der Waals surface area (Å²) in [7, 11) is 0. The van der Waals surface area contributed by atoms with Crippen molar-refractivity contribution in [2.45, 2.75) is 13.3 Å². The van der Waals surface area contributed by atoms with Crippen LogP contribution < -0.4 is 0 Å². The van der Waals surface area contributed by atoms with Gasteiger partial charge in [0.05, 0.1) is 9.40 Å². The first-order chi connectivity index (χ1) is 14.3. The van der Waals surface area contributed by atoms with Gasteiger partial charge in [0, 0.05) is 25.0 Å². The van der Waals surface area contributed by atoms with E-state index in [9.17, 15) is 0 Å². The van der Waals surface area contributed by atoms with Crippen LogP contribution in [0.25, 0.3) is 51.1 Å². The monoisotopic (exact) mass is 426 g/mol. The zero-order valence-electron chi connectivity index (χ0n) is 15.9. The van der Waals surface area contributed by atoms with Crippen molar-refractivity contribution >= 4 is 63.6 Å². The molecule has 3 aromatic carbocycles. The van der Waals surface area contributed by atoms with Crippen LogP contribution in [-0.4, -0.2) is 0 Å². The van der Waals surface area contributed by atoms with E-state index in [-0.39, 0.29) is 0 Å². The number of thiophene rings is 3. The lowest BCUT2D eigenvalue weighted by atomic mass is 10.0. The Morgan fingerprint density at radius 1 is 0.655 bits per heavy atom. The van der Waals surface area contributed by atoms with Crippen molar-refractivity contribution < 1.29 is 0 Å². The van der Waals surface area contributed by atoms with E-state index in [1.807, 2.05) is 22.7 Å². The molecule has 0 aliphatic carbocycles. The molecular formula is C26H18S3. The van der Waals surface area contributed by atoms with Crippen molar-refractivity contribution in [3.63, 3.8) is 0 Å². The van der Waals surface area contributed by atoms with Gasteiger partial charge in [0.2, 0.25) is 0 Å². The molecule has 0 saturated heterocycles. The molecule has 0 amide bonds. The van der Waals surface area contributed by atoms with E-state index in [2.05, 4.69) is 85.1 Å². The van der Waals surface area contributed by atoms with Crippen LogP contribution in [0.5, 0.6) is 0 Å². The fourth-order valence-electron chi connectivity index (χ4n) is 3.96. The van der Waals surface area contributed by atoms with Crippen LogP contribution in [0.1, 0.15) is 12.5 Å². The molecule has 0 saturated carbocycles. The molecule has 0 N–H and O–H groups in total. The number of benzene rings is 3. The molecule has 0 unspecified atom stereocenters. The molecule has 0 spiro atoms. The Labute approximate surface area is 181 Å². The molecule has 0 fully saturated rings. The van der Waals surface area contributed by atoms with Crippen LogP contribution >= 0.6 is 34.0 Å². The van der Waals surface area contributed by atoms with Gasteiger partial charge in [-0.05, 0) is 52.3 Å². The minimum Gasteiger partial charge on any atom is -0.144 e. The maximum absolute atomic E-state index is 2.36. The zero-order valence-corrected chi connectivity index (χ0v) is 18.4. The van der Waals surface area contributed by atoms with Crippen molar-refractivity contribution in [2.75, 3.05) is 0 Å². The second-order valence-corrected chi connectivity index (χ2v) is 10.4. The van der Waals surface area contributed by atoms with Gasteiger partial charge in [0.25, 0.3) is 0 Å². The maximum Gasteiger partial charge on any atom is 0.0542 e. The van der Waals surface area contributed by atoms with Gasteiger partial charge in [-0.2, -0.15) is 0 Å². The largest absolute Gasteiger partial charge is 0.144 e. The quantitative estimate of drug-likeness (QED) is 0.264. The van der Waals surface area contributed by atoms with E-state index in [0.29, 0.717) is 0 Å². The van der Waals surface area contributed by atoms with E-state index in [1.54, 1.807) is 11.3 Å². The van der Waals surface area contributed by atoms with Gasteiger partial charge in [-0.1, -0.05) is 61.5 Å². The minimum atomic E-state index is 1.09. The second-order valence-electron chi connectivity index (χ2n) is 7.31. The zero-order chi connectivity index (χ0) is 19.4. The third-order valence-corrected chi connectivity index (χ3v) is 9.00. The molecule has 0 atom stereocenters. The lowest BCUT2D eigenvalue weighted by Crippen LogP contribution is -1.81. The summed E-state index contributed by atoms with van der Waals surface area (Å²) in [6.45, 7) is 2.20. The van der Waals surface area contributed by atoms with Crippen molar-refractivity contribution in [1.29, 1.82) is 0 Å². The highest BCUT2D eigenvalue weighted by Crippen LogP contribution is 2.46. The summed E-state index contributed by atoms with van der Waals surface area (Å²) in [6, 6.07) is 27.2. The predicted octanol–water partition coefficient (Wildman–Crippen LogP) is 9.23. The Morgan fingerprint density at radius 3 is 1.90 bits per heavy atom. The Balaban J connectivity index is 1.49. The van der Waals surface area contributed by atoms with E-state index in [1.165, 1.54) is 56.7 Å². The second kappa shape index (κ2) is 6.81. The summed E-state index contributed by atoms with van der Waals surface area (Å²) < 4.78 is 5.62. The predicted molar refractivity (Wildman–Crippen MR) is 133 cm³/mol. The first-order valence-electron chi connectivity index (χ1n) is 9.82. The third-order valence-electron chi connectivity index (χ3n) is 5.58. The molecule has 6 aromatic rings. The topological polar surface area (TPSA) is 0 Å². The van der Waals surface area contributed by atoms with Crippen molar-refractivity contribution in [3.8, 4) is 21.6 Å². The van der Waals surface area contributed by atoms with Crippen molar-refractivity contribution in [2.24, 2.45) is 0 Å². The van der Waals surface area contributed by atoms with Gasteiger partial charge in [-0.3, -0.25) is 0 Å². The number of hydrogen-bond donors (Lipinski definition) is 0. The first-order valence-corrected chi connectivity index (χ1v) is 12.3. The van der Waals surface area contributed by atoms with Crippen LogP contribution in [0.4, 0.5) is 0 Å². The summed E-state index contributed by atoms with van der Waals surface area (Å²) in [5, 5.41) is 4.92. The molecule has 0 aliphatic rings. The molecule has 3 aromatic heterocycles. The molecule has 0 aliphatic heterocycles. The molecule has 3 heteroatoms. The SMILES string of the molecule is CCc1ccc(-c2ccc3c(c2)sc2c4ccc(-c5cccs5)cc4sc32)cc1. The Bertz CT molecular complexity index is 1460. The van der Waals surface area contributed by atoms with Gasteiger partial charge in [0.1, 0.15) is 0 Å². The average Bonchev–Trinajstić information content (AvgIpc) is 3.49. The van der Waals surface area contributed by atoms with Gasteiger partial charge < -0.3 is 0 Å². The third kappa shape index (κ3) is 2.84. The van der Waals surface area contributed by atoms with Crippen LogP contribution in [0.3, 0.4) is 0 Å². The molecule has 140 valence electrons. The molecule has 0 nitrogen and oxygen atoms in total. The Hall–Kier alpha value is -2.46. The highest BCUT2D eigenvalue weighted by Gasteiger charge is 2.13. The van der Waals surface area contributed by atoms with Crippen molar-refractivity contribution in [1.82, 2.24) is 0 Å². The highest BCUT2D eigenvalue weighted by atomic mass is 32.1.